The van der Waals surface area contributed by atoms with Crippen molar-refractivity contribution in [3.05, 3.63) is 23.8 Å². The van der Waals surface area contributed by atoms with Gasteiger partial charge in [-0.3, -0.25) is 4.79 Å². The molecule has 0 radical (unpaired) electrons. The van der Waals surface area contributed by atoms with Crippen molar-refractivity contribution in [3.8, 4) is 11.5 Å². The third-order valence-electron chi connectivity index (χ3n) is 3.98. The molecule has 2 rings (SSSR count). The minimum absolute atomic E-state index is 0.0676. The van der Waals surface area contributed by atoms with E-state index in [0.29, 0.717) is 18.2 Å². The number of methoxy groups -OCH3 is 1. The normalized spacial score (nSPS) is 22.3. The highest BCUT2D eigenvalue weighted by atomic mass is 16.5. The molecular formula is C15H22N2O3. The topological polar surface area (TPSA) is 84.6 Å². The van der Waals surface area contributed by atoms with Crippen LogP contribution in [0, 0.1) is 5.92 Å². The zero-order chi connectivity index (χ0) is 14.5. The SMILES string of the molecule is COc1ccc(C(=O)NC2CCCCC2CN)c(O)c1. The van der Waals surface area contributed by atoms with E-state index in [-0.39, 0.29) is 23.3 Å². The van der Waals surface area contributed by atoms with Gasteiger partial charge in [0, 0.05) is 12.1 Å². The van der Waals surface area contributed by atoms with E-state index in [9.17, 15) is 9.90 Å². The lowest BCUT2D eigenvalue weighted by molar-refractivity contribution is 0.0905. The van der Waals surface area contributed by atoms with Gasteiger partial charge in [-0.25, -0.2) is 0 Å². The molecule has 1 aliphatic carbocycles. The van der Waals surface area contributed by atoms with Crippen LogP contribution in [0.5, 0.6) is 11.5 Å². The molecule has 2 unspecified atom stereocenters. The number of nitrogens with two attached hydrogens (primary N) is 1. The van der Waals surface area contributed by atoms with Gasteiger partial charge in [0.15, 0.2) is 0 Å². The number of benzene rings is 1. The van der Waals surface area contributed by atoms with Crippen molar-refractivity contribution >= 4 is 5.91 Å². The quantitative estimate of drug-likeness (QED) is 0.782. The van der Waals surface area contributed by atoms with E-state index in [0.717, 1.165) is 19.3 Å². The van der Waals surface area contributed by atoms with Crippen LogP contribution in [-0.2, 0) is 0 Å². The van der Waals surface area contributed by atoms with E-state index in [2.05, 4.69) is 5.32 Å². The summed E-state index contributed by atoms with van der Waals surface area (Å²) in [5.41, 5.74) is 6.03. The lowest BCUT2D eigenvalue weighted by Crippen LogP contribution is -2.44. The number of amides is 1. The summed E-state index contributed by atoms with van der Waals surface area (Å²) in [6.45, 7) is 0.583. The van der Waals surface area contributed by atoms with Gasteiger partial charge < -0.3 is 20.9 Å². The molecular weight excluding hydrogens is 256 g/mol. The van der Waals surface area contributed by atoms with Crippen LogP contribution < -0.4 is 15.8 Å². The van der Waals surface area contributed by atoms with Crippen molar-refractivity contribution in [3.63, 3.8) is 0 Å². The van der Waals surface area contributed by atoms with Gasteiger partial charge in [0.1, 0.15) is 11.5 Å². The molecule has 20 heavy (non-hydrogen) atoms. The number of carbonyl (C=O) groups excluding carboxylic acids is 1. The van der Waals surface area contributed by atoms with Crippen LogP contribution in [0.25, 0.3) is 0 Å². The zero-order valence-corrected chi connectivity index (χ0v) is 11.8. The molecule has 4 N–H and O–H groups in total. The smallest absolute Gasteiger partial charge is 0.255 e. The molecule has 0 aliphatic heterocycles. The summed E-state index contributed by atoms with van der Waals surface area (Å²) in [5, 5.41) is 12.9. The third-order valence-corrected chi connectivity index (χ3v) is 3.98. The van der Waals surface area contributed by atoms with Crippen LogP contribution in [0.3, 0.4) is 0 Å². The average Bonchev–Trinajstić information content (AvgIpc) is 2.47. The van der Waals surface area contributed by atoms with Gasteiger partial charge in [0.2, 0.25) is 0 Å². The fraction of sp³-hybridized carbons (Fsp3) is 0.533. The van der Waals surface area contributed by atoms with Crippen molar-refractivity contribution in [1.29, 1.82) is 0 Å². The molecule has 5 nitrogen and oxygen atoms in total. The molecule has 0 spiro atoms. The van der Waals surface area contributed by atoms with Gasteiger partial charge in [0.05, 0.1) is 12.7 Å². The monoisotopic (exact) mass is 278 g/mol. The van der Waals surface area contributed by atoms with Gasteiger partial charge in [-0.2, -0.15) is 0 Å². The highest BCUT2D eigenvalue weighted by Gasteiger charge is 2.26. The number of nitrogens with one attached hydrogen (secondary N) is 1. The second kappa shape index (κ2) is 6.61. The number of hydrogen-bond acceptors (Lipinski definition) is 4. The summed E-state index contributed by atoms with van der Waals surface area (Å²) in [6.07, 6.45) is 4.28. The predicted octanol–water partition coefficient (Wildman–Crippen LogP) is 1.65. The van der Waals surface area contributed by atoms with Crippen molar-refractivity contribution in [2.45, 2.75) is 31.7 Å². The highest BCUT2D eigenvalue weighted by Crippen LogP contribution is 2.26. The molecule has 0 saturated heterocycles. The van der Waals surface area contributed by atoms with E-state index in [1.165, 1.54) is 19.6 Å². The van der Waals surface area contributed by atoms with Crippen LogP contribution in [0.4, 0.5) is 0 Å². The molecule has 1 amide bonds. The van der Waals surface area contributed by atoms with E-state index >= 15 is 0 Å². The standard InChI is InChI=1S/C15H22N2O3/c1-20-11-6-7-12(14(18)8-11)15(19)17-13-5-3-2-4-10(13)9-16/h6-8,10,13,18H,2-5,9,16H2,1H3,(H,17,19). The minimum atomic E-state index is -0.254. The fourth-order valence-corrected chi connectivity index (χ4v) is 2.76. The molecule has 110 valence electrons. The van der Waals surface area contributed by atoms with Gasteiger partial charge >= 0.3 is 0 Å². The van der Waals surface area contributed by atoms with Crippen LogP contribution in [0.2, 0.25) is 0 Å². The molecule has 1 fully saturated rings. The predicted molar refractivity (Wildman–Crippen MR) is 76.9 cm³/mol. The molecule has 1 saturated carbocycles. The second-order valence-electron chi connectivity index (χ2n) is 5.24. The Labute approximate surface area is 119 Å². The third kappa shape index (κ3) is 3.22. The molecule has 1 aromatic carbocycles. The van der Waals surface area contributed by atoms with Gasteiger partial charge in [-0.1, -0.05) is 12.8 Å². The Hall–Kier alpha value is -1.75. The maximum atomic E-state index is 12.2. The summed E-state index contributed by atoms with van der Waals surface area (Å²) in [4.78, 5) is 12.2. The molecule has 5 heteroatoms. The van der Waals surface area contributed by atoms with Crippen LogP contribution in [0.15, 0.2) is 18.2 Å². The van der Waals surface area contributed by atoms with Crippen LogP contribution in [0.1, 0.15) is 36.0 Å². The average molecular weight is 278 g/mol. The first-order valence-corrected chi connectivity index (χ1v) is 7.03. The summed E-state index contributed by atoms with van der Waals surface area (Å²) in [7, 11) is 1.52. The Morgan fingerprint density at radius 1 is 1.45 bits per heavy atom. The van der Waals surface area contributed by atoms with E-state index in [1.54, 1.807) is 12.1 Å². The molecule has 0 heterocycles. The number of carbonyl (C=O) groups is 1. The Morgan fingerprint density at radius 3 is 2.85 bits per heavy atom. The molecule has 0 aromatic heterocycles. The molecule has 0 bridgehead atoms. The number of phenolic OH excluding ortho intramolecular Hbond substituents is 1. The van der Waals surface area contributed by atoms with Gasteiger partial charge in [0.25, 0.3) is 5.91 Å². The maximum Gasteiger partial charge on any atom is 0.255 e. The van der Waals surface area contributed by atoms with Gasteiger partial charge in [-0.05, 0) is 37.4 Å². The first kappa shape index (κ1) is 14.7. The zero-order valence-electron chi connectivity index (χ0n) is 11.8. The first-order chi connectivity index (χ1) is 9.65. The van der Waals surface area contributed by atoms with Crippen molar-refractivity contribution in [1.82, 2.24) is 5.32 Å². The van der Waals surface area contributed by atoms with E-state index in [1.807, 2.05) is 0 Å². The van der Waals surface area contributed by atoms with Crippen molar-refractivity contribution in [2.75, 3.05) is 13.7 Å². The van der Waals surface area contributed by atoms with Gasteiger partial charge in [-0.15, -0.1) is 0 Å². The summed E-state index contributed by atoms with van der Waals surface area (Å²) in [5.74, 6) is 0.530. The number of aromatic hydroxyl groups is 1. The Bertz CT molecular complexity index is 476. The van der Waals surface area contributed by atoms with E-state index in [4.69, 9.17) is 10.5 Å². The molecule has 1 aliphatic rings. The second-order valence-corrected chi connectivity index (χ2v) is 5.24. The summed E-state index contributed by atoms with van der Waals surface area (Å²) in [6, 6.07) is 4.78. The van der Waals surface area contributed by atoms with E-state index < -0.39 is 0 Å². The lowest BCUT2D eigenvalue weighted by atomic mass is 9.84. The Kier molecular flexibility index (Phi) is 4.84. The number of rotatable bonds is 4. The first-order valence-electron chi connectivity index (χ1n) is 7.03. The lowest BCUT2D eigenvalue weighted by Gasteiger charge is -2.31. The highest BCUT2D eigenvalue weighted by molar-refractivity contribution is 5.97. The Balaban J connectivity index is 2.07. The van der Waals surface area contributed by atoms with Crippen molar-refractivity contribution in [2.24, 2.45) is 11.7 Å². The largest absolute Gasteiger partial charge is 0.507 e. The number of phenols is 1. The fourth-order valence-electron chi connectivity index (χ4n) is 2.76. The van der Waals surface area contributed by atoms with Crippen LogP contribution >= 0.6 is 0 Å². The summed E-state index contributed by atoms with van der Waals surface area (Å²) >= 11 is 0. The van der Waals surface area contributed by atoms with Crippen molar-refractivity contribution < 1.29 is 14.6 Å². The maximum absolute atomic E-state index is 12.2. The minimum Gasteiger partial charge on any atom is -0.507 e. The summed E-state index contributed by atoms with van der Waals surface area (Å²) < 4.78 is 5.01. The number of ether oxygens (including phenoxy) is 1. The Morgan fingerprint density at radius 2 is 2.20 bits per heavy atom. The molecule has 2 atom stereocenters. The number of hydrogen-bond donors (Lipinski definition) is 3. The molecule has 1 aromatic rings. The van der Waals surface area contributed by atoms with Crippen LogP contribution in [-0.4, -0.2) is 30.7 Å².